The molecule has 90 valence electrons. The number of thiazole rings is 1. The Morgan fingerprint density at radius 3 is 3.00 bits per heavy atom. The fraction of sp³-hybridized carbons (Fsp3) is 0.250. The van der Waals surface area contributed by atoms with Crippen LogP contribution in [0.1, 0.15) is 11.9 Å². The molecule has 0 fully saturated rings. The van der Waals surface area contributed by atoms with Crippen molar-refractivity contribution < 1.29 is 4.74 Å². The van der Waals surface area contributed by atoms with Crippen LogP contribution in [0.15, 0.2) is 29.8 Å². The lowest BCUT2D eigenvalue weighted by atomic mass is 10.3. The van der Waals surface area contributed by atoms with Gasteiger partial charge in [0.15, 0.2) is 0 Å². The number of ether oxygens (including phenoxy) is 1. The molecule has 0 saturated heterocycles. The molecular formula is C12H13ClN2OS. The predicted octanol–water partition coefficient (Wildman–Crippen LogP) is 3.81. The van der Waals surface area contributed by atoms with Crippen molar-refractivity contribution in [1.29, 1.82) is 0 Å². The van der Waals surface area contributed by atoms with Crippen molar-refractivity contribution in [2.45, 2.75) is 13.5 Å². The molecule has 1 N–H and O–H groups in total. The lowest BCUT2D eigenvalue weighted by Gasteiger charge is -2.09. The maximum atomic E-state index is 6.12. The van der Waals surface area contributed by atoms with Gasteiger partial charge in [-0.15, -0.1) is 11.3 Å². The summed E-state index contributed by atoms with van der Waals surface area (Å²) in [5.74, 6) is 0.684. The molecule has 1 aromatic heterocycles. The molecule has 0 aliphatic carbocycles. The summed E-state index contributed by atoms with van der Waals surface area (Å²) in [5, 5.41) is 6.67. The Morgan fingerprint density at radius 1 is 1.47 bits per heavy atom. The number of nitrogens with one attached hydrogen (secondary N) is 1. The van der Waals surface area contributed by atoms with Crippen molar-refractivity contribution in [2.75, 3.05) is 11.9 Å². The van der Waals surface area contributed by atoms with Crippen LogP contribution in [-0.4, -0.2) is 11.5 Å². The highest BCUT2D eigenvalue weighted by Crippen LogP contribution is 2.28. The van der Waals surface area contributed by atoms with Crippen LogP contribution in [0.3, 0.4) is 0 Å². The number of rotatable bonds is 5. The van der Waals surface area contributed by atoms with Gasteiger partial charge in [0.1, 0.15) is 17.4 Å². The first kappa shape index (κ1) is 12.2. The molecule has 3 nitrogen and oxygen atoms in total. The van der Waals surface area contributed by atoms with E-state index in [-0.39, 0.29) is 0 Å². The van der Waals surface area contributed by atoms with E-state index in [0.717, 1.165) is 17.2 Å². The molecular weight excluding hydrogens is 256 g/mol. The molecule has 0 bridgehead atoms. The van der Waals surface area contributed by atoms with E-state index in [1.165, 1.54) is 0 Å². The monoisotopic (exact) mass is 268 g/mol. The first-order chi connectivity index (χ1) is 8.29. The van der Waals surface area contributed by atoms with E-state index in [2.05, 4.69) is 10.3 Å². The highest BCUT2D eigenvalue weighted by Gasteiger charge is 2.04. The molecule has 5 heteroatoms. The Morgan fingerprint density at radius 2 is 2.35 bits per heavy atom. The molecule has 0 radical (unpaired) electrons. The average Bonchev–Trinajstić information content (AvgIpc) is 2.81. The molecule has 0 unspecified atom stereocenters. The van der Waals surface area contributed by atoms with Crippen LogP contribution in [0.4, 0.5) is 5.69 Å². The second kappa shape index (κ2) is 5.89. The maximum Gasteiger partial charge on any atom is 0.140 e. The molecule has 0 aliphatic heterocycles. The third kappa shape index (κ3) is 3.35. The third-order valence-corrected chi connectivity index (χ3v) is 3.20. The summed E-state index contributed by atoms with van der Waals surface area (Å²) >= 11 is 7.69. The predicted molar refractivity (Wildman–Crippen MR) is 72.1 cm³/mol. The Labute approximate surface area is 109 Å². The van der Waals surface area contributed by atoms with E-state index < -0.39 is 0 Å². The minimum Gasteiger partial charge on any atom is -0.485 e. The van der Waals surface area contributed by atoms with Gasteiger partial charge in [0.2, 0.25) is 0 Å². The van der Waals surface area contributed by atoms with Crippen LogP contribution in [0.25, 0.3) is 0 Å². The Balaban J connectivity index is 2.01. The Hall–Kier alpha value is -1.26. The molecule has 2 aromatic rings. The van der Waals surface area contributed by atoms with Crippen molar-refractivity contribution in [3.8, 4) is 5.75 Å². The van der Waals surface area contributed by atoms with Crippen molar-refractivity contribution in [3.63, 3.8) is 0 Å². The van der Waals surface area contributed by atoms with Gasteiger partial charge in [0, 0.05) is 23.8 Å². The van der Waals surface area contributed by atoms with E-state index in [1.807, 2.05) is 30.5 Å². The van der Waals surface area contributed by atoms with Crippen LogP contribution in [0, 0.1) is 0 Å². The topological polar surface area (TPSA) is 34.1 Å². The lowest BCUT2D eigenvalue weighted by molar-refractivity contribution is 0.306. The number of halogens is 1. The fourth-order valence-corrected chi connectivity index (χ4v) is 2.16. The van der Waals surface area contributed by atoms with E-state index in [9.17, 15) is 0 Å². The number of hydrogen-bond donors (Lipinski definition) is 1. The summed E-state index contributed by atoms with van der Waals surface area (Å²) in [5.41, 5.74) is 0.999. The summed E-state index contributed by atoms with van der Waals surface area (Å²) in [4.78, 5) is 4.15. The minimum atomic E-state index is 0.456. The highest BCUT2D eigenvalue weighted by atomic mass is 35.5. The maximum absolute atomic E-state index is 6.12. The summed E-state index contributed by atoms with van der Waals surface area (Å²) in [7, 11) is 0. The van der Waals surface area contributed by atoms with Gasteiger partial charge >= 0.3 is 0 Å². The molecule has 0 atom stereocenters. The van der Waals surface area contributed by atoms with Gasteiger partial charge < -0.3 is 10.1 Å². The van der Waals surface area contributed by atoms with E-state index in [4.69, 9.17) is 16.3 Å². The van der Waals surface area contributed by atoms with E-state index in [1.54, 1.807) is 17.5 Å². The normalized spacial score (nSPS) is 10.2. The second-order valence-electron chi connectivity index (χ2n) is 3.39. The second-order valence-corrected chi connectivity index (χ2v) is 4.78. The molecule has 2 rings (SSSR count). The van der Waals surface area contributed by atoms with Crippen LogP contribution in [0.2, 0.25) is 5.02 Å². The summed E-state index contributed by atoms with van der Waals surface area (Å²) in [6.07, 6.45) is 1.76. The van der Waals surface area contributed by atoms with Gasteiger partial charge in [-0.05, 0) is 25.1 Å². The Kier molecular flexibility index (Phi) is 4.23. The number of hydrogen-bond acceptors (Lipinski definition) is 4. The SMILES string of the molecule is CCNc1ccc(OCc2nccs2)c(Cl)c1. The molecule has 0 aliphatic rings. The van der Waals surface area contributed by atoms with Crippen LogP contribution >= 0.6 is 22.9 Å². The van der Waals surface area contributed by atoms with Gasteiger partial charge in [0.25, 0.3) is 0 Å². The first-order valence-corrected chi connectivity index (χ1v) is 6.60. The molecule has 0 spiro atoms. The molecule has 1 heterocycles. The van der Waals surface area contributed by atoms with E-state index in [0.29, 0.717) is 17.4 Å². The van der Waals surface area contributed by atoms with Crippen LogP contribution < -0.4 is 10.1 Å². The van der Waals surface area contributed by atoms with E-state index >= 15 is 0 Å². The zero-order valence-electron chi connectivity index (χ0n) is 9.44. The van der Waals surface area contributed by atoms with Crippen molar-refractivity contribution in [2.24, 2.45) is 0 Å². The number of nitrogens with zero attached hydrogens (tertiary/aromatic N) is 1. The fourth-order valence-electron chi connectivity index (χ4n) is 1.40. The number of anilines is 1. The summed E-state index contributed by atoms with van der Waals surface area (Å²) in [6, 6.07) is 5.68. The molecule has 1 aromatic carbocycles. The van der Waals surface area contributed by atoms with Crippen molar-refractivity contribution in [1.82, 2.24) is 4.98 Å². The largest absolute Gasteiger partial charge is 0.485 e. The zero-order valence-corrected chi connectivity index (χ0v) is 11.0. The van der Waals surface area contributed by atoms with Gasteiger partial charge in [-0.3, -0.25) is 0 Å². The number of benzene rings is 1. The van der Waals surface area contributed by atoms with Crippen molar-refractivity contribution in [3.05, 3.63) is 39.8 Å². The lowest BCUT2D eigenvalue weighted by Crippen LogP contribution is -1.98. The van der Waals surface area contributed by atoms with Gasteiger partial charge in [0.05, 0.1) is 5.02 Å². The van der Waals surface area contributed by atoms with Gasteiger partial charge in [-0.25, -0.2) is 4.98 Å². The molecule has 0 saturated carbocycles. The molecule has 0 amide bonds. The minimum absolute atomic E-state index is 0.456. The molecule has 17 heavy (non-hydrogen) atoms. The zero-order chi connectivity index (χ0) is 12.1. The van der Waals surface area contributed by atoms with Gasteiger partial charge in [-0.2, -0.15) is 0 Å². The Bertz CT molecular complexity index is 473. The standard InChI is InChI=1S/C12H13ClN2OS/c1-2-14-9-3-4-11(10(13)7-9)16-8-12-15-5-6-17-12/h3-7,14H,2,8H2,1H3. The third-order valence-electron chi connectivity index (χ3n) is 2.15. The highest BCUT2D eigenvalue weighted by molar-refractivity contribution is 7.09. The van der Waals surface area contributed by atoms with Gasteiger partial charge in [-0.1, -0.05) is 11.6 Å². The average molecular weight is 269 g/mol. The number of aromatic nitrogens is 1. The van der Waals surface area contributed by atoms with Crippen LogP contribution in [0.5, 0.6) is 5.75 Å². The smallest absolute Gasteiger partial charge is 0.140 e. The summed E-state index contributed by atoms with van der Waals surface area (Å²) in [6.45, 7) is 3.37. The quantitative estimate of drug-likeness (QED) is 0.895. The first-order valence-electron chi connectivity index (χ1n) is 5.34. The van der Waals surface area contributed by atoms with Crippen molar-refractivity contribution >= 4 is 28.6 Å². The summed E-state index contributed by atoms with van der Waals surface area (Å²) < 4.78 is 5.60. The van der Waals surface area contributed by atoms with Crippen LogP contribution in [-0.2, 0) is 6.61 Å².